The van der Waals surface area contributed by atoms with E-state index in [1.54, 1.807) is 107 Å². The summed E-state index contributed by atoms with van der Waals surface area (Å²) in [6.07, 6.45) is 5.84. The van der Waals surface area contributed by atoms with Gasteiger partial charge in [0.1, 0.15) is 34.9 Å². The van der Waals surface area contributed by atoms with Crippen molar-refractivity contribution in [2.24, 2.45) is 0 Å². The second-order valence-electron chi connectivity index (χ2n) is 24.8. The van der Waals surface area contributed by atoms with Gasteiger partial charge in [0.15, 0.2) is 0 Å². The van der Waals surface area contributed by atoms with Crippen molar-refractivity contribution in [3.05, 3.63) is 293 Å². The predicted octanol–water partition coefficient (Wildman–Crippen LogP) is 15.2. The number of hydrogen-bond donors (Lipinski definition) is 3. The number of aliphatic carboxylic acids is 1. The van der Waals surface area contributed by atoms with Gasteiger partial charge in [-0.05, 0) is 150 Å². The maximum Gasteiger partial charge on any atom is 0.320 e. The van der Waals surface area contributed by atoms with Crippen LogP contribution in [0.2, 0.25) is 0 Å². The monoisotopic (exact) mass is 1380 g/mol. The molecule has 8 aromatic rings. The Morgan fingerprint density at radius 1 is 0.436 bits per heavy atom. The van der Waals surface area contributed by atoms with E-state index in [4.69, 9.17) is 10.5 Å². The van der Waals surface area contributed by atoms with Gasteiger partial charge in [0.05, 0.1) is 23.7 Å². The van der Waals surface area contributed by atoms with Crippen LogP contribution < -0.4 is 11.1 Å². The summed E-state index contributed by atoms with van der Waals surface area (Å²) in [5.74, 6) is -5.08. The highest BCUT2D eigenvalue weighted by molar-refractivity contribution is 5.91. The molecule has 0 saturated carbocycles. The zero-order valence-electron chi connectivity index (χ0n) is 57.1. The van der Waals surface area contributed by atoms with E-state index in [1.807, 2.05) is 115 Å². The number of amides is 7. The molecule has 3 atom stereocenters. The Bertz CT molecular complexity index is 4320. The van der Waals surface area contributed by atoms with E-state index in [0.717, 1.165) is 71.4 Å². The van der Waals surface area contributed by atoms with Gasteiger partial charge in [0.25, 0.3) is 0 Å². The van der Waals surface area contributed by atoms with Crippen molar-refractivity contribution in [2.75, 3.05) is 80.1 Å². The molecular weight excluding hydrogens is 1300 g/mol. The molecule has 0 aromatic heterocycles. The Morgan fingerprint density at radius 3 is 1.02 bits per heavy atom. The highest BCUT2D eigenvalue weighted by atomic mass is 19.1. The molecule has 4 N–H and O–H groups in total. The van der Waals surface area contributed by atoms with Crippen LogP contribution in [-0.4, -0.2) is 139 Å². The number of carboxylic acid groups (broad SMARTS) is 1. The summed E-state index contributed by atoms with van der Waals surface area (Å²) in [7, 11) is 11.0. The van der Waals surface area contributed by atoms with E-state index in [9.17, 15) is 60.2 Å². The Labute approximate surface area is 583 Å². The molecule has 0 fully saturated rings. The van der Waals surface area contributed by atoms with Crippen LogP contribution >= 0.6 is 0 Å². The summed E-state index contributed by atoms with van der Waals surface area (Å²) >= 11 is 0. The van der Waals surface area contributed by atoms with Crippen molar-refractivity contribution < 1.29 is 65.0 Å². The number of anilines is 2. The first-order valence-electron chi connectivity index (χ1n) is 32.3. The third-order valence-corrected chi connectivity index (χ3v) is 17.4. The lowest BCUT2D eigenvalue weighted by molar-refractivity contribution is -0.141. The van der Waals surface area contributed by atoms with Gasteiger partial charge in [-0.1, -0.05) is 127 Å². The molecule has 526 valence electrons. The maximum atomic E-state index is 14.7. The van der Waals surface area contributed by atoms with Gasteiger partial charge in [-0.15, -0.1) is 0 Å². The number of urea groups is 3. The fourth-order valence-corrected chi connectivity index (χ4v) is 12.5. The number of carbonyl (C=O) groups is 6. The smallest absolute Gasteiger partial charge is 0.320 e. The summed E-state index contributed by atoms with van der Waals surface area (Å²) in [5.41, 5.74) is 7.69. The third kappa shape index (κ3) is 18.3. The highest BCUT2D eigenvalue weighted by Crippen LogP contribution is 2.48. The quantitative estimate of drug-likeness (QED) is 0.0480. The largest absolute Gasteiger partial charge is 0.481 e. The van der Waals surface area contributed by atoms with Crippen molar-refractivity contribution in [3.8, 4) is 0 Å². The SMILES string of the molecule is CN(C)C(=O)N1CC(c2cc(F)ccc2F)=CC1(CCC(=O)Nc1ccccc1)c1ccccc1.CN(C)C(=O)N1CC(c2cc(F)ccc2F)=CC1(CCC(=O)O)c1ccccc1.COC(=O)CCC1(c2ccccc2)C=C(c2cc(F)ccc2F)CN1C(=O)N(C)C.Nc1ccccc1. The normalized spacial score (nSPS) is 17.2. The number of nitrogen functional groups attached to an aromatic ring is 1. The molecule has 3 heterocycles. The molecule has 3 unspecified atom stereocenters. The second-order valence-corrected chi connectivity index (χ2v) is 24.8. The highest BCUT2D eigenvalue weighted by Gasteiger charge is 2.49. The summed E-state index contributed by atoms with van der Waals surface area (Å²) < 4.78 is 90.2. The Morgan fingerprint density at radius 2 is 0.733 bits per heavy atom. The first kappa shape index (κ1) is 75.4. The molecule has 7 amide bonds. The molecule has 3 aliphatic heterocycles. The number of nitrogens with one attached hydrogen (secondary N) is 1. The van der Waals surface area contributed by atoms with Crippen LogP contribution in [0.15, 0.2) is 224 Å². The number of nitrogens with zero attached hydrogens (tertiary/aromatic N) is 6. The molecule has 0 radical (unpaired) electrons. The van der Waals surface area contributed by atoms with E-state index < -0.39 is 63.5 Å². The number of benzene rings is 8. The predicted molar refractivity (Wildman–Crippen MR) is 378 cm³/mol. The number of para-hydroxylation sites is 2. The maximum absolute atomic E-state index is 14.7. The summed E-state index contributed by atoms with van der Waals surface area (Å²) in [6.45, 7) is 0.186. The molecule has 22 heteroatoms. The van der Waals surface area contributed by atoms with Crippen LogP contribution in [0.3, 0.4) is 0 Å². The van der Waals surface area contributed by atoms with Gasteiger partial charge in [0.2, 0.25) is 5.91 Å². The zero-order chi connectivity index (χ0) is 73.2. The van der Waals surface area contributed by atoms with Gasteiger partial charge >= 0.3 is 30.0 Å². The first-order chi connectivity index (χ1) is 48.2. The van der Waals surface area contributed by atoms with Crippen LogP contribution in [0.4, 0.5) is 52.1 Å². The molecule has 0 bridgehead atoms. The van der Waals surface area contributed by atoms with Gasteiger partial charge in [-0.3, -0.25) is 14.4 Å². The van der Waals surface area contributed by atoms with Gasteiger partial charge in [-0.25, -0.2) is 40.7 Å². The van der Waals surface area contributed by atoms with E-state index in [-0.39, 0.29) is 98.9 Å². The molecule has 0 aliphatic carbocycles. The van der Waals surface area contributed by atoms with Crippen molar-refractivity contribution in [2.45, 2.75) is 55.1 Å². The van der Waals surface area contributed by atoms with Crippen molar-refractivity contribution in [3.63, 3.8) is 0 Å². The van der Waals surface area contributed by atoms with Crippen molar-refractivity contribution in [1.29, 1.82) is 0 Å². The minimum absolute atomic E-state index is 0.0336. The molecule has 0 spiro atoms. The van der Waals surface area contributed by atoms with Crippen LogP contribution in [-0.2, 0) is 35.7 Å². The van der Waals surface area contributed by atoms with Crippen LogP contribution in [0, 0.1) is 34.9 Å². The number of carbonyl (C=O) groups excluding carboxylic acids is 5. The summed E-state index contributed by atoms with van der Waals surface area (Å²) in [4.78, 5) is 84.6. The lowest BCUT2D eigenvalue weighted by Crippen LogP contribution is -2.49. The summed E-state index contributed by atoms with van der Waals surface area (Å²) in [5, 5.41) is 12.2. The van der Waals surface area contributed by atoms with Crippen molar-refractivity contribution >= 4 is 64.0 Å². The molecule has 0 saturated heterocycles. The number of methoxy groups -OCH3 is 1. The fourth-order valence-electron chi connectivity index (χ4n) is 12.5. The van der Waals surface area contributed by atoms with Gasteiger partial charge in [0, 0.05) is 109 Å². The zero-order valence-corrected chi connectivity index (χ0v) is 57.1. The van der Waals surface area contributed by atoms with Crippen LogP contribution in [0.5, 0.6) is 0 Å². The fraction of sp³-hybridized carbons (Fsp3) is 0.241. The number of rotatable bonds is 16. The third-order valence-electron chi connectivity index (χ3n) is 17.4. The number of ether oxygens (including phenoxy) is 1. The molecule has 11 rings (SSSR count). The number of halogens is 6. The lowest BCUT2D eigenvalue weighted by Gasteiger charge is -2.40. The Balaban J connectivity index is 0.000000184. The van der Waals surface area contributed by atoms with Crippen molar-refractivity contribution in [1.82, 2.24) is 29.4 Å². The molecule has 3 aliphatic rings. The van der Waals surface area contributed by atoms with E-state index in [1.165, 1.54) is 26.7 Å². The van der Waals surface area contributed by atoms with E-state index in [2.05, 4.69) is 5.32 Å². The summed E-state index contributed by atoms with van der Waals surface area (Å²) in [6, 6.07) is 55.0. The minimum Gasteiger partial charge on any atom is -0.481 e. The lowest BCUT2D eigenvalue weighted by atomic mass is 9.84. The topological polar surface area (TPSA) is 189 Å². The van der Waals surface area contributed by atoms with Crippen LogP contribution in [0.1, 0.15) is 71.9 Å². The molecule has 8 aromatic carbocycles. The Kier molecular flexibility index (Phi) is 25.3. The Hall–Kier alpha value is -11.4. The number of hydrogen-bond acceptors (Lipinski definition) is 8. The van der Waals surface area contributed by atoms with Gasteiger partial charge < -0.3 is 50.3 Å². The van der Waals surface area contributed by atoms with E-state index >= 15 is 0 Å². The van der Waals surface area contributed by atoms with Crippen LogP contribution in [0.25, 0.3) is 16.7 Å². The average Bonchev–Trinajstić information content (AvgIpc) is 1.63. The molecule has 101 heavy (non-hydrogen) atoms. The number of carboxylic acids is 1. The number of nitrogens with two attached hydrogens (primary N) is 1. The molecule has 16 nitrogen and oxygen atoms in total. The second kappa shape index (κ2) is 33.9. The average molecular weight is 1380 g/mol. The minimum atomic E-state index is -1.09. The van der Waals surface area contributed by atoms with E-state index in [0.29, 0.717) is 28.0 Å². The standard InChI is InChI=1S/C28H27F2N3O2.C23H24F2N2O3.C22H22F2N2O3.C6H7N/c1-32(2)27(35)33-19-20(24-17-22(29)13-14-25(24)30)18-28(33,21-9-5-3-6-10-21)16-15-26(34)31-23-11-7-4-8-12-23;1-26(2)22(29)27-15-16(19-13-18(24)9-10-20(19)25)14-23(27,12-11-21(28)30-3)17-7-5-4-6-8-17;1-25(2)21(29)26-14-15(18-12-17(23)8-9-19(18)24)13-22(26,11-10-20(27)28)16-6-4-3-5-7-16;7-6-4-2-1-3-5-6/h3-14,17-18H,15-16,19H2,1-2H3,(H,31,34);4-10,13-14H,11-12,15H2,1-3H3;3-9,12-13H,10-11,14H2,1-2H3,(H,27,28);1-5H,7H2. The first-order valence-corrected chi connectivity index (χ1v) is 32.3. The number of esters is 1. The van der Waals surface area contributed by atoms with Gasteiger partial charge in [-0.2, -0.15) is 0 Å². The molecular formula is C79H80F6N8O8.